The lowest BCUT2D eigenvalue weighted by Gasteiger charge is -2.09. The van der Waals surface area contributed by atoms with E-state index in [2.05, 4.69) is 10.3 Å². The number of ketones is 1. The molecule has 2 heterocycles. The average Bonchev–Trinajstić information content (AvgIpc) is 2.36. The molecular formula is C7H4N2O2. The van der Waals surface area contributed by atoms with Gasteiger partial charge < -0.3 is 5.32 Å². The van der Waals surface area contributed by atoms with Crippen molar-refractivity contribution in [2.24, 2.45) is 4.99 Å². The summed E-state index contributed by atoms with van der Waals surface area (Å²) in [6.07, 6.45) is 4.32. The molecule has 2 rings (SSSR count). The molecule has 1 N–H and O–H groups in total. The first-order valence-corrected chi connectivity index (χ1v) is 3.08. The van der Waals surface area contributed by atoms with Crippen LogP contribution in [-0.4, -0.2) is 17.9 Å². The first-order valence-electron chi connectivity index (χ1n) is 3.08. The number of aliphatic imine (C=N–C) groups is 1. The number of allylic oxidation sites excluding steroid dienone is 1. The molecule has 2 aliphatic heterocycles. The van der Waals surface area contributed by atoms with Gasteiger partial charge in [0.05, 0.1) is 11.9 Å². The molecule has 0 aromatic carbocycles. The molecule has 0 aromatic rings. The highest BCUT2D eigenvalue weighted by Gasteiger charge is 2.22. The van der Waals surface area contributed by atoms with E-state index in [1.807, 2.05) is 0 Å². The van der Waals surface area contributed by atoms with E-state index >= 15 is 0 Å². The van der Waals surface area contributed by atoms with Gasteiger partial charge in [0.1, 0.15) is 0 Å². The van der Waals surface area contributed by atoms with Crippen LogP contribution in [-0.2, 0) is 9.59 Å². The Bertz CT molecular complexity index is 336. The summed E-state index contributed by atoms with van der Waals surface area (Å²) in [7, 11) is 0. The summed E-state index contributed by atoms with van der Waals surface area (Å²) in [4.78, 5) is 25.3. The number of rotatable bonds is 0. The molecule has 4 nitrogen and oxygen atoms in total. The Kier molecular flexibility index (Phi) is 1.03. The van der Waals surface area contributed by atoms with Gasteiger partial charge >= 0.3 is 0 Å². The van der Waals surface area contributed by atoms with Crippen LogP contribution >= 0.6 is 0 Å². The highest BCUT2D eigenvalue weighted by atomic mass is 16.2. The van der Waals surface area contributed by atoms with Crippen LogP contribution in [0.1, 0.15) is 0 Å². The van der Waals surface area contributed by atoms with Gasteiger partial charge in [-0.15, -0.1) is 0 Å². The molecule has 0 aromatic heterocycles. The third-order valence-electron chi connectivity index (χ3n) is 1.49. The second-order valence-electron chi connectivity index (χ2n) is 2.24. The Morgan fingerprint density at radius 1 is 1.36 bits per heavy atom. The summed E-state index contributed by atoms with van der Waals surface area (Å²) in [5.74, 6) is -1.11. The van der Waals surface area contributed by atoms with Crippen molar-refractivity contribution in [1.29, 1.82) is 0 Å². The topological polar surface area (TPSA) is 58.5 Å². The molecule has 0 saturated heterocycles. The van der Waals surface area contributed by atoms with Crippen LogP contribution in [0.2, 0.25) is 0 Å². The lowest BCUT2D eigenvalue weighted by molar-refractivity contribution is -0.135. The highest BCUT2D eigenvalue weighted by molar-refractivity contribution is 6.43. The summed E-state index contributed by atoms with van der Waals surface area (Å²) in [5.41, 5.74) is 1.28. The Hall–Kier alpha value is -1.71. The number of nitrogens with one attached hydrogen (secondary N) is 1. The third kappa shape index (κ3) is 0.797. The van der Waals surface area contributed by atoms with Gasteiger partial charge in [-0.05, 0) is 0 Å². The second kappa shape index (κ2) is 1.88. The first-order chi connectivity index (χ1) is 5.27. The molecule has 0 spiro atoms. The summed E-state index contributed by atoms with van der Waals surface area (Å²) in [6, 6.07) is 0. The van der Waals surface area contributed by atoms with Crippen LogP contribution < -0.4 is 5.32 Å². The van der Waals surface area contributed by atoms with Crippen molar-refractivity contribution < 1.29 is 9.59 Å². The van der Waals surface area contributed by atoms with Crippen molar-refractivity contribution in [2.75, 3.05) is 0 Å². The molecule has 54 valence electrons. The summed E-state index contributed by atoms with van der Waals surface area (Å²) in [6.45, 7) is 0. The van der Waals surface area contributed by atoms with E-state index in [4.69, 9.17) is 0 Å². The lowest BCUT2D eigenvalue weighted by Crippen LogP contribution is -2.33. The lowest BCUT2D eigenvalue weighted by atomic mass is 10.1. The second-order valence-corrected chi connectivity index (χ2v) is 2.24. The molecule has 2 aliphatic rings. The maximum atomic E-state index is 10.8. The number of carbonyl (C=O) groups is 2. The number of carbonyl (C=O) groups excluding carboxylic acids is 2. The Morgan fingerprint density at radius 3 is 3.00 bits per heavy atom. The van der Waals surface area contributed by atoms with Gasteiger partial charge in [0.25, 0.3) is 5.91 Å². The van der Waals surface area contributed by atoms with Crippen molar-refractivity contribution >= 4 is 17.9 Å². The quantitative estimate of drug-likeness (QED) is 0.472. The predicted octanol–water partition coefficient (Wildman–Crippen LogP) is -0.463. The number of hydrogen-bond acceptors (Lipinski definition) is 3. The predicted molar refractivity (Wildman–Crippen MR) is 37.8 cm³/mol. The molecule has 0 fully saturated rings. The Balaban J connectivity index is 2.49. The van der Waals surface area contributed by atoms with Crippen molar-refractivity contribution in [2.45, 2.75) is 0 Å². The SMILES string of the molecule is O=C1C=C2C=NC=C2NC1=O. The first kappa shape index (κ1) is 6.03. The zero-order valence-electron chi connectivity index (χ0n) is 5.50. The minimum Gasteiger partial charge on any atom is -0.317 e. The van der Waals surface area contributed by atoms with Crippen LogP contribution in [0.25, 0.3) is 0 Å². The maximum Gasteiger partial charge on any atom is 0.296 e. The van der Waals surface area contributed by atoms with E-state index in [1.165, 1.54) is 18.5 Å². The minimum absolute atomic E-state index is 0.523. The molecule has 1 amide bonds. The van der Waals surface area contributed by atoms with Gasteiger partial charge in [0, 0.05) is 17.9 Å². The van der Waals surface area contributed by atoms with Crippen LogP contribution in [0.3, 0.4) is 0 Å². The van der Waals surface area contributed by atoms with E-state index in [-0.39, 0.29) is 0 Å². The molecule has 0 aliphatic carbocycles. The fourth-order valence-corrected chi connectivity index (χ4v) is 0.946. The maximum absolute atomic E-state index is 10.8. The smallest absolute Gasteiger partial charge is 0.296 e. The van der Waals surface area contributed by atoms with Crippen molar-refractivity contribution in [3.8, 4) is 0 Å². The van der Waals surface area contributed by atoms with E-state index in [9.17, 15) is 9.59 Å². The van der Waals surface area contributed by atoms with Crippen LogP contribution in [0.15, 0.2) is 28.5 Å². The molecule has 0 bridgehead atoms. The number of fused-ring (bicyclic) bond motifs is 1. The molecular weight excluding hydrogens is 144 g/mol. The van der Waals surface area contributed by atoms with Gasteiger partial charge in [-0.3, -0.25) is 14.6 Å². The minimum atomic E-state index is -0.592. The summed E-state index contributed by atoms with van der Waals surface area (Å²) < 4.78 is 0. The van der Waals surface area contributed by atoms with Crippen molar-refractivity contribution in [1.82, 2.24) is 5.32 Å². The Labute approximate surface area is 62.3 Å². The fourth-order valence-electron chi connectivity index (χ4n) is 0.946. The molecule has 0 radical (unpaired) electrons. The number of nitrogens with zero attached hydrogens (tertiary/aromatic N) is 1. The normalized spacial score (nSPS) is 20.7. The molecule has 4 heteroatoms. The van der Waals surface area contributed by atoms with Crippen LogP contribution in [0, 0.1) is 0 Å². The van der Waals surface area contributed by atoms with Crippen LogP contribution in [0.5, 0.6) is 0 Å². The Morgan fingerprint density at radius 2 is 2.18 bits per heavy atom. The van der Waals surface area contributed by atoms with Gasteiger partial charge in [-0.2, -0.15) is 0 Å². The average molecular weight is 148 g/mol. The fraction of sp³-hybridized carbons (Fsp3) is 0. The largest absolute Gasteiger partial charge is 0.317 e. The van der Waals surface area contributed by atoms with Crippen molar-refractivity contribution in [3.05, 3.63) is 23.5 Å². The van der Waals surface area contributed by atoms with Gasteiger partial charge in [-0.25, -0.2) is 0 Å². The van der Waals surface area contributed by atoms with Gasteiger partial charge in [0.2, 0.25) is 5.78 Å². The molecule has 0 atom stereocenters. The van der Waals surface area contributed by atoms with Crippen LogP contribution in [0.4, 0.5) is 0 Å². The molecule has 11 heavy (non-hydrogen) atoms. The summed E-state index contributed by atoms with van der Waals surface area (Å²) >= 11 is 0. The third-order valence-corrected chi connectivity index (χ3v) is 1.49. The van der Waals surface area contributed by atoms with Gasteiger partial charge in [-0.1, -0.05) is 0 Å². The van der Waals surface area contributed by atoms with Crippen molar-refractivity contribution in [3.63, 3.8) is 0 Å². The highest BCUT2D eigenvalue weighted by Crippen LogP contribution is 2.14. The van der Waals surface area contributed by atoms with E-state index < -0.39 is 11.7 Å². The number of amides is 1. The monoisotopic (exact) mass is 148 g/mol. The zero-order chi connectivity index (χ0) is 7.84. The standard InChI is InChI=1S/C7H4N2O2/c10-6-1-4-2-8-3-5(4)9-7(6)11/h1-3H,(H,9,11). The molecule has 0 saturated carbocycles. The number of hydrogen-bond donors (Lipinski definition) is 1. The van der Waals surface area contributed by atoms with E-state index in [0.717, 1.165) is 0 Å². The van der Waals surface area contributed by atoms with E-state index in [0.29, 0.717) is 11.3 Å². The summed E-state index contributed by atoms with van der Waals surface area (Å²) in [5, 5.41) is 2.41. The van der Waals surface area contributed by atoms with E-state index in [1.54, 1.807) is 0 Å². The molecule has 0 unspecified atom stereocenters. The zero-order valence-corrected chi connectivity index (χ0v) is 5.50. The van der Waals surface area contributed by atoms with Gasteiger partial charge in [0.15, 0.2) is 0 Å².